The molecule has 3 N–H and O–H groups in total. The zero-order valence-corrected chi connectivity index (χ0v) is 13.3. The van der Waals surface area contributed by atoms with E-state index in [-0.39, 0.29) is 12.5 Å². The van der Waals surface area contributed by atoms with Crippen molar-refractivity contribution in [3.63, 3.8) is 0 Å². The number of fused-ring (bicyclic) bond motifs is 1. The number of carbonyl (C=O) groups excluding carboxylic acids is 2. The van der Waals surface area contributed by atoms with E-state index < -0.39 is 5.91 Å². The SMILES string of the molecule is N#Cc1ccc(CN2CC(=O)Nc3ccc(C(=O)NO)cc3C2)cc1. The van der Waals surface area contributed by atoms with Gasteiger partial charge in [-0.15, -0.1) is 0 Å². The molecule has 0 fully saturated rings. The summed E-state index contributed by atoms with van der Waals surface area (Å²) in [6, 6.07) is 14.1. The molecule has 0 atom stereocenters. The van der Waals surface area contributed by atoms with E-state index in [0.29, 0.717) is 29.9 Å². The second-order valence-electron chi connectivity index (χ2n) is 5.81. The van der Waals surface area contributed by atoms with Crippen LogP contribution in [0.4, 0.5) is 5.69 Å². The van der Waals surface area contributed by atoms with Crippen LogP contribution in [0.2, 0.25) is 0 Å². The minimum Gasteiger partial charge on any atom is -0.325 e. The molecule has 126 valence electrons. The maximum atomic E-state index is 12.1. The molecular formula is C18H16N4O3. The molecule has 7 nitrogen and oxygen atoms in total. The number of nitrogens with one attached hydrogen (secondary N) is 2. The zero-order chi connectivity index (χ0) is 17.8. The number of anilines is 1. The summed E-state index contributed by atoms with van der Waals surface area (Å²) in [5.41, 5.74) is 4.94. The van der Waals surface area contributed by atoms with Crippen molar-refractivity contribution in [2.24, 2.45) is 0 Å². The summed E-state index contributed by atoms with van der Waals surface area (Å²) in [6.45, 7) is 1.23. The summed E-state index contributed by atoms with van der Waals surface area (Å²) < 4.78 is 0. The number of hydrogen-bond acceptors (Lipinski definition) is 5. The van der Waals surface area contributed by atoms with Gasteiger partial charge in [0.25, 0.3) is 5.91 Å². The maximum absolute atomic E-state index is 12.1. The van der Waals surface area contributed by atoms with Crippen LogP contribution in [0.1, 0.15) is 27.0 Å². The van der Waals surface area contributed by atoms with Crippen LogP contribution >= 0.6 is 0 Å². The Morgan fingerprint density at radius 2 is 2.00 bits per heavy atom. The first-order valence-corrected chi connectivity index (χ1v) is 7.67. The summed E-state index contributed by atoms with van der Waals surface area (Å²) in [5, 5.41) is 20.5. The van der Waals surface area contributed by atoms with Crippen LogP contribution in [0.3, 0.4) is 0 Å². The van der Waals surface area contributed by atoms with Crippen molar-refractivity contribution in [2.45, 2.75) is 13.1 Å². The Morgan fingerprint density at radius 1 is 1.24 bits per heavy atom. The third-order valence-electron chi connectivity index (χ3n) is 3.99. The highest BCUT2D eigenvalue weighted by Gasteiger charge is 2.20. The topological polar surface area (TPSA) is 105 Å². The molecule has 0 aromatic heterocycles. The first-order valence-electron chi connectivity index (χ1n) is 7.67. The molecule has 7 heteroatoms. The third-order valence-corrected chi connectivity index (χ3v) is 3.99. The van der Waals surface area contributed by atoms with E-state index in [1.54, 1.807) is 35.8 Å². The predicted octanol–water partition coefficient (Wildman–Crippen LogP) is 1.63. The van der Waals surface area contributed by atoms with Gasteiger partial charge in [-0.1, -0.05) is 12.1 Å². The number of rotatable bonds is 3. The van der Waals surface area contributed by atoms with Gasteiger partial charge in [0.15, 0.2) is 0 Å². The van der Waals surface area contributed by atoms with Gasteiger partial charge in [0, 0.05) is 24.3 Å². The number of hydroxylamine groups is 1. The number of hydrogen-bond donors (Lipinski definition) is 3. The summed E-state index contributed by atoms with van der Waals surface area (Å²) in [7, 11) is 0. The number of nitriles is 1. The first-order chi connectivity index (χ1) is 12.1. The van der Waals surface area contributed by atoms with E-state index in [1.807, 2.05) is 17.0 Å². The normalized spacial score (nSPS) is 14.0. The van der Waals surface area contributed by atoms with Crippen LogP contribution in [0.15, 0.2) is 42.5 Å². The van der Waals surface area contributed by atoms with E-state index >= 15 is 0 Å². The summed E-state index contributed by atoms with van der Waals surface area (Å²) in [5.74, 6) is -0.733. The number of nitrogens with zero attached hydrogens (tertiary/aromatic N) is 2. The van der Waals surface area contributed by atoms with Gasteiger partial charge < -0.3 is 5.32 Å². The van der Waals surface area contributed by atoms with Crippen LogP contribution in [0.25, 0.3) is 0 Å². The maximum Gasteiger partial charge on any atom is 0.274 e. The van der Waals surface area contributed by atoms with Gasteiger partial charge in [0.05, 0.1) is 18.2 Å². The minimum absolute atomic E-state index is 0.133. The third kappa shape index (κ3) is 3.83. The number of benzene rings is 2. The van der Waals surface area contributed by atoms with Crippen LogP contribution in [-0.2, 0) is 17.9 Å². The molecule has 1 aliphatic heterocycles. The van der Waals surface area contributed by atoms with Gasteiger partial charge in [0.1, 0.15) is 0 Å². The lowest BCUT2D eigenvalue weighted by atomic mass is 10.1. The molecule has 3 rings (SSSR count). The van der Waals surface area contributed by atoms with E-state index in [2.05, 4.69) is 11.4 Å². The molecule has 1 aliphatic rings. The highest BCUT2D eigenvalue weighted by molar-refractivity contribution is 5.97. The molecular weight excluding hydrogens is 320 g/mol. The Morgan fingerprint density at radius 3 is 2.68 bits per heavy atom. The van der Waals surface area contributed by atoms with Gasteiger partial charge in [-0.05, 0) is 41.5 Å². The minimum atomic E-state index is -0.600. The van der Waals surface area contributed by atoms with Crippen LogP contribution in [0.5, 0.6) is 0 Å². The molecule has 0 saturated heterocycles. The number of amides is 2. The molecule has 0 bridgehead atoms. The van der Waals surface area contributed by atoms with Gasteiger partial charge in [-0.2, -0.15) is 5.26 Å². The second kappa shape index (κ2) is 7.13. The van der Waals surface area contributed by atoms with Crippen molar-refractivity contribution in [1.29, 1.82) is 5.26 Å². The molecule has 0 saturated carbocycles. The fourth-order valence-corrected chi connectivity index (χ4v) is 2.80. The molecule has 2 aromatic rings. The molecule has 2 aromatic carbocycles. The van der Waals surface area contributed by atoms with Crippen molar-refractivity contribution in [1.82, 2.24) is 10.4 Å². The van der Waals surface area contributed by atoms with Crippen molar-refractivity contribution in [3.8, 4) is 6.07 Å². The fourth-order valence-electron chi connectivity index (χ4n) is 2.80. The average molecular weight is 336 g/mol. The zero-order valence-electron chi connectivity index (χ0n) is 13.3. The number of carbonyl (C=O) groups is 2. The molecule has 0 spiro atoms. The Balaban J connectivity index is 1.83. The smallest absolute Gasteiger partial charge is 0.274 e. The molecule has 0 aliphatic carbocycles. The average Bonchev–Trinajstić information content (AvgIpc) is 2.78. The summed E-state index contributed by atoms with van der Waals surface area (Å²) in [4.78, 5) is 25.6. The first kappa shape index (κ1) is 16.6. The lowest BCUT2D eigenvalue weighted by Crippen LogP contribution is -2.29. The van der Waals surface area contributed by atoms with E-state index in [4.69, 9.17) is 10.5 Å². The molecule has 0 radical (unpaired) electrons. The Labute approximate surface area is 144 Å². The van der Waals surface area contributed by atoms with Gasteiger partial charge in [-0.25, -0.2) is 5.48 Å². The lowest BCUT2D eigenvalue weighted by Gasteiger charge is -2.19. The highest BCUT2D eigenvalue weighted by Crippen LogP contribution is 2.23. The lowest BCUT2D eigenvalue weighted by molar-refractivity contribution is -0.117. The van der Waals surface area contributed by atoms with Crippen molar-refractivity contribution >= 4 is 17.5 Å². The largest absolute Gasteiger partial charge is 0.325 e. The Bertz CT molecular complexity index is 856. The van der Waals surface area contributed by atoms with Gasteiger partial charge in [-0.3, -0.25) is 19.7 Å². The molecule has 1 heterocycles. The quantitative estimate of drug-likeness (QED) is 0.583. The van der Waals surface area contributed by atoms with Gasteiger partial charge in [0.2, 0.25) is 5.91 Å². The Hall–Kier alpha value is -3.21. The van der Waals surface area contributed by atoms with Gasteiger partial charge >= 0.3 is 0 Å². The standard InChI is InChI=1S/C18H16N4O3/c19-8-12-1-3-13(4-2-12)9-22-10-15-7-14(18(24)21-25)5-6-16(15)20-17(23)11-22/h1-7,25H,9-11H2,(H,20,23)(H,21,24). The monoisotopic (exact) mass is 336 g/mol. The van der Waals surface area contributed by atoms with E-state index in [9.17, 15) is 9.59 Å². The Kier molecular flexibility index (Phi) is 4.75. The summed E-state index contributed by atoms with van der Waals surface area (Å²) in [6.07, 6.45) is 0. The molecule has 2 amide bonds. The fraction of sp³-hybridized carbons (Fsp3) is 0.167. The van der Waals surface area contributed by atoms with Crippen LogP contribution < -0.4 is 10.8 Å². The van der Waals surface area contributed by atoms with Crippen molar-refractivity contribution in [2.75, 3.05) is 11.9 Å². The second-order valence-corrected chi connectivity index (χ2v) is 5.81. The van der Waals surface area contributed by atoms with E-state index in [1.165, 1.54) is 0 Å². The summed E-state index contributed by atoms with van der Waals surface area (Å²) >= 11 is 0. The van der Waals surface area contributed by atoms with Crippen molar-refractivity contribution < 1.29 is 14.8 Å². The highest BCUT2D eigenvalue weighted by atomic mass is 16.5. The molecule has 0 unspecified atom stereocenters. The van der Waals surface area contributed by atoms with Crippen LogP contribution in [0, 0.1) is 11.3 Å². The predicted molar refractivity (Wildman–Crippen MR) is 89.6 cm³/mol. The molecule has 25 heavy (non-hydrogen) atoms. The van der Waals surface area contributed by atoms with E-state index in [0.717, 1.165) is 11.1 Å². The van der Waals surface area contributed by atoms with Crippen molar-refractivity contribution in [3.05, 3.63) is 64.7 Å². The van der Waals surface area contributed by atoms with Crippen LogP contribution in [-0.4, -0.2) is 28.5 Å².